The van der Waals surface area contributed by atoms with E-state index in [1.54, 1.807) is 10.9 Å². The van der Waals surface area contributed by atoms with Crippen LogP contribution in [0.1, 0.15) is 18.7 Å². The number of aliphatic hydroxyl groups is 1. The molecule has 1 aromatic rings. The minimum absolute atomic E-state index is 0.0240. The van der Waals surface area contributed by atoms with Crippen molar-refractivity contribution >= 4 is 0 Å². The van der Waals surface area contributed by atoms with Crippen LogP contribution in [0.25, 0.3) is 0 Å². The van der Waals surface area contributed by atoms with E-state index in [2.05, 4.69) is 5.10 Å². The first-order valence-corrected chi connectivity index (χ1v) is 3.64. The molecule has 1 rings (SSSR count). The Bertz CT molecular complexity index is 219. The first-order valence-electron chi connectivity index (χ1n) is 3.64. The van der Waals surface area contributed by atoms with Crippen LogP contribution in [0.4, 0.5) is 0 Å². The van der Waals surface area contributed by atoms with Gasteiger partial charge >= 0.3 is 0 Å². The highest BCUT2D eigenvalue weighted by molar-refractivity contribution is 5.04. The molecule has 1 aromatic heterocycles. The van der Waals surface area contributed by atoms with Crippen molar-refractivity contribution in [3.05, 3.63) is 18.0 Å². The molecular formula is C7H13N3O. The average Bonchev–Trinajstić information content (AvgIpc) is 2.36. The van der Waals surface area contributed by atoms with Crippen molar-refractivity contribution in [2.75, 3.05) is 6.61 Å². The van der Waals surface area contributed by atoms with Crippen LogP contribution in [-0.2, 0) is 6.54 Å². The van der Waals surface area contributed by atoms with Gasteiger partial charge in [0.15, 0.2) is 0 Å². The molecular weight excluding hydrogens is 142 g/mol. The zero-order chi connectivity index (χ0) is 8.27. The molecule has 1 heterocycles. The SMILES string of the molecule is CC(N)c1ccnn1CCO. The Labute approximate surface area is 65.6 Å². The summed E-state index contributed by atoms with van der Waals surface area (Å²) in [5, 5.41) is 12.6. The lowest BCUT2D eigenvalue weighted by molar-refractivity contribution is 0.266. The molecule has 0 aromatic carbocycles. The van der Waals surface area contributed by atoms with Gasteiger partial charge in [-0.2, -0.15) is 5.10 Å². The first kappa shape index (κ1) is 8.23. The Morgan fingerprint density at radius 3 is 3.09 bits per heavy atom. The molecule has 0 radical (unpaired) electrons. The van der Waals surface area contributed by atoms with Crippen LogP contribution >= 0.6 is 0 Å². The van der Waals surface area contributed by atoms with Crippen molar-refractivity contribution in [2.24, 2.45) is 5.73 Å². The Kier molecular flexibility index (Phi) is 2.62. The molecule has 1 unspecified atom stereocenters. The van der Waals surface area contributed by atoms with Crippen LogP contribution < -0.4 is 5.73 Å². The largest absolute Gasteiger partial charge is 0.394 e. The Morgan fingerprint density at radius 1 is 1.82 bits per heavy atom. The topological polar surface area (TPSA) is 64.1 Å². The molecule has 0 saturated carbocycles. The predicted octanol–water partition coefficient (Wildman–Crippen LogP) is -0.105. The highest BCUT2D eigenvalue weighted by atomic mass is 16.3. The molecule has 0 saturated heterocycles. The van der Waals surface area contributed by atoms with Gasteiger partial charge in [-0.15, -0.1) is 0 Å². The summed E-state index contributed by atoms with van der Waals surface area (Å²) < 4.78 is 1.71. The van der Waals surface area contributed by atoms with Crippen molar-refractivity contribution < 1.29 is 5.11 Å². The molecule has 4 heteroatoms. The van der Waals surface area contributed by atoms with E-state index in [0.29, 0.717) is 6.54 Å². The number of aliphatic hydroxyl groups excluding tert-OH is 1. The van der Waals surface area contributed by atoms with E-state index >= 15 is 0 Å². The van der Waals surface area contributed by atoms with Gasteiger partial charge in [-0.25, -0.2) is 0 Å². The van der Waals surface area contributed by atoms with Crippen LogP contribution in [0.15, 0.2) is 12.3 Å². The zero-order valence-electron chi connectivity index (χ0n) is 6.57. The van der Waals surface area contributed by atoms with Gasteiger partial charge in [-0.05, 0) is 13.0 Å². The van der Waals surface area contributed by atoms with Crippen molar-refractivity contribution in [2.45, 2.75) is 19.5 Å². The maximum Gasteiger partial charge on any atom is 0.0644 e. The summed E-state index contributed by atoms with van der Waals surface area (Å²) in [5.74, 6) is 0. The number of hydrogen-bond donors (Lipinski definition) is 2. The van der Waals surface area contributed by atoms with Gasteiger partial charge in [0.1, 0.15) is 0 Å². The smallest absolute Gasteiger partial charge is 0.0644 e. The molecule has 0 aliphatic heterocycles. The number of nitrogens with two attached hydrogens (primary N) is 1. The van der Waals surface area contributed by atoms with E-state index in [4.69, 9.17) is 10.8 Å². The van der Waals surface area contributed by atoms with Gasteiger partial charge in [0.2, 0.25) is 0 Å². The van der Waals surface area contributed by atoms with Gasteiger partial charge in [0.05, 0.1) is 18.8 Å². The molecule has 0 spiro atoms. The second-order valence-electron chi connectivity index (χ2n) is 2.49. The maximum atomic E-state index is 8.64. The number of aromatic nitrogens is 2. The summed E-state index contributed by atoms with van der Waals surface area (Å²) in [6.45, 7) is 2.51. The fraction of sp³-hybridized carbons (Fsp3) is 0.571. The first-order chi connectivity index (χ1) is 5.25. The van der Waals surface area contributed by atoms with Crippen molar-refractivity contribution in [3.8, 4) is 0 Å². The summed E-state index contributed by atoms with van der Waals surface area (Å²) >= 11 is 0. The number of hydrogen-bond acceptors (Lipinski definition) is 3. The number of rotatable bonds is 3. The van der Waals surface area contributed by atoms with E-state index in [-0.39, 0.29) is 12.6 Å². The van der Waals surface area contributed by atoms with Crippen molar-refractivity contribution in [1.82, 2.24) is 9.78 Å². The van der Waals surface area contributed by atoms with Crippen molar-refractivity contribution in [3.63, 3.8) is 0 Å². The zero-order valence-corrected chi connectivity index (χ0v) is 6.57. The van der Waals surface area contributed by atoms with Crippen LogP contribution in [0.5, 0.6) is 0 Å². The monoisotopic (exact) mass is 155 g/mol. The van der Waals surface area contributed by atoms with Crippen LogP contribution in [-0.4, -0.2) is 21.5 Å². The summed E-state index contributed by atoms with van der Waals surface area (Å²) in [4.78, 5) is 0. The van der Waals surface area contributed by atoms with Gasteiger partial charge < -0.3 is 10.8 Å². The standard InChI is InChI=1S/C7H13N3O/c1-6(8)7-2-3-9-10(7)4-5-11/h2-3,6,11H,4-5,8H2,1H3. The Balaban J connectivity index is 2.78. The van der Waals surface area contributed by atoms with Crippen LogP contribution in [0.3, 0.4) is 0 Å². The maximum absolute atomic E-state index is 8.64. The second kappa shape index (κ2) is 3.50. The molecule has 0 aliphatic rings. The summed E-state index contributed by atoms with van der Waals surface area (Å²) in [6, 6.07) is 1.84. The lowest BCUT2D eigenvalue weighted by Gasteiger charge is -2.07. The predicted molar refractivity (Wildman–Crippen MR) is 41.9 cm³/mol. The quantitative estimate of drug-likeness (QED) is 0.640. The van der Waals surface area contributed by atoms with E-state index in [9.17, 15) is 0 Å². The molecule has 62 valence electrons. The minimum atomic E-state index is -0.0240. The summed E-state index contributed by atoms with van der Waals surface area (Å²) in [6.07, 6.45) is 1.69. The third kappa shape index (κ3) is 1.78. The van der Waals surface area contributed by atoms with Gasteiger partial charge in [0.25, 0.3) is 0 Å². The van der Waals surface area contributed by atoms with E-state index in [1.807, 2.05) is 13.0 Å². The third-order valence-electron chi connectivity index (χ3n) is 1.53. The second-order valence-corrected chi connectivity index (χ2v) is 2.49. The molecule has 0 amide bonds. The van der Waals surface area contributed by atoms with Gasteiger partial charge in [-0.1, -0.05) is 0 Å². The van der Waals surface area contributed by atoms with Crippen LogP contribution in [0, 0.1) is 0 Å². The Morgan fingerprint density at radius 2 is 2.55 bits per heavy atom. The molecule has 4 nitrogen and oxygen atoms in total. The van der Waals surface area contributed by atoms with Crippen LogP contribution in [0.2, 0.25) is 0 Å². The fourth-order valence-corrected chi connectivity index (χ4v) is 1.01. The highest BCUT2D eigenvalue weighted by Crippen LogP contribution is 2.07. The minimum Gasteiger partial charge on any atom is -0.394 e. The Hall–Kier alpha value is -0.870. The summed E-state index contributed by atoms with van der Waals surface area (Å²) in [7, 11) is 0. The van der Waals surface area contributed by atoms with E-state index in [0.717, 1.165) is 5.69 Å². The molecule has 11 heavy (non-hydrogen) atoms. The number of nitrogens with zero attached hydrogens (tertiary/aromatic N) is 2. The lowest BCUT2D eigenvalue weighted by atomic mass is 10.2. The molecule has 0 fully saturated rings. The van der Waals surface area contributed by atoms with Gasteiger partial charge in [0, 0.05) is 12.2 Å². The van der Waals surface area contributed by atoms with E-state index in [1.165, 1.54) is 0 Å². The van der Waals surface area contributed by atoms with Gasteiger partial charge in [-0.3, -0.25) is 4.68 Å². The normalized spacial score (nSPS) is 13.4. The highest BCUT2D eigenvalue weighted by Gasteiger charge is 2.04. The summed E-state index contributed by atoms with van der Waals surface area (Å²) in [5.41, 5.74) is 6.60. The average molecular weight is 155 g/mol. The van der Waals surface area contributed by atoms with Crippen molar-refractivity contribution in [1.29, 1.82) is 0 Å². The third-order valence-corrected chi connectivity index (χ3v) is 1.53. The molecule has 0 aliphatic carbocycles. The van der Waals surface area contributed by atoms with E-state index < -0.39 is 0 Å². The molecule has 0 bridgehead atoms. The fourth-order valence-electron chi connectivity index (χ4n) is 1.01. The molecule has 3 N–H and O–H groups in total. The molecule has 1 atom stereocenters. The lowest BCUT2D eigenvalue weighted by Crippen LogP contribution is -2.14.